The predicted octanol–water partition coefficient (Wildman–Crippen LogP) is 4.55. The molecule has 1 aromatic carbocycles. The zero-order chi connectivity index (χ0) is 15.5. The average Bonchev–Trinajstić information content (AvgIpc) is 3.13. The quantitative estimate of drug-likeness (QED) is 0.762. The molecule has 112 valence electrons. The average molecular weight is 333 g/mol. The molecular weight excluding hydrogens is 320 g/mol. The highest BCUT2D eigenvalue weighted by Crippen LogP contribution is 2.25. The first-order valence-electron chi connectivity index (χ1n) is 6.67. The van der Waals surface area contributed by atoms with Gasteiger partial charge in [0.05, 0.1) is 17.0 Å². The van der Waals surface area contributed by atoms with Crippen LogP contribution in [0.2, 0.25) is 5.02 Å². The van der Waals surface area contributed by atoms with Gasteiger partial charge >= 0.3 is 0 Å². The van der Waals surface area contributed by atoms with Gasteiger partial charge in [0.15, 0.2) is 5.76 Å². The standard InChI is InChI=1S/C16H13ClN2O2S/c1-10-4-5-11(17)7-13(10)18-16(20)9-12-8-14(21-19-12)15-3-2-6-22-15/h2-8H,9H2,1H3,(H,18,20). The second kappa shape index (κ2) is 6.34. The highest BCUT2D eigenvalue weighted by Gasteiger charge is 2.12. The molecule has 0 bridgehead atoms. The Hall–Kier alpha value is -2.11. The van der Waals surface area contributed by atoms with Gasteiger partial charge in [-0.15, -0.1) is 11.3 Å². The molecule has 0 radical (unpaired) electrons. The van der Waals surface area contributed by atoms with Crippen molar-refractivity contribution < 1.29 is 9.32 Å². The zero-order valence-electron chi connectivity index (χ0n) is 11.8. The number of thiophene rings is 1. The number of aryl methyl sites for hydroxylation is 1. The number of amides is 1. The number of benzene rings is 1. The Morgan fingerprint density at radius 1 is 1.36 bits per heavy atom. The Labute approximate surface area is 136 Å². The molecule has 3 aromatic rings. The van der Waals surface area contributed by atoms with Crippen LogP contribution in [0.15, 0.2) is 46.3 Å². The maximum Gasteiger partial charge on any atom is 0.230 e. The summed E-state index contributed by atoms with van der Waals surface area (Å²) in [6, 6.07) is 11.1. The van der Waals surface area contributed by atoms with Crippen molar-refractivity contribution in [3.05, 3.63) is 58.1 Å². The number of hydrogen-bond acceptors (Lipinski definition) is 4. The largest absolute Gasteiger partial charge is 0.355 e. The molecule has 2 heterocycles. The molecular formula is C16H13ClN2O2S. The van der Waals surface area contributed by atoms with Crippen LogP contribution in [-0.2, 0) is 11.2 Å². The summed E-state index contributed by atoms with van der Waals surface area (Å²) in [7, 11) is 0. The van der Waals surface area contributed by atoms with Gasteiger partial charge in [-0.25, -0.2) is 0 Å². The van der Waals surface area contributed by atoms with E-state index in [0.29, 0.717) is 22.2 Å². The number of nitrogens with one attached hydrogen (secondary N) is 1. The number of rotatable bonds is 4. The van der Waals surface area contributed by atoms with Crippen molar-refractivity contribution in [1.29, 1.82) is 0 Å². The SMILES string of the molecule is Cc1ccc(Cl)cc1NC(=O)Cc1cc(-c2cccs2)on1. The van der Waals surface area contributed by atoms with E-state index in [1.165, 1.54) is 0 Å². The number of carbonyl (C=O) groups is 1. The molecule has 0 saturated carbocycles. The molecule has 0 spiro atoms. The first kappa shape index (κ1) is 14.8. The second-order valence-electron chi connectivity index (χ2n) is 4.84. The number of halogens is 1. The number of nitrogens with zero attached hydrogens (tertiary/aromatic N) is 1. The molecule has 1 N–H and O–H groups in total. The van der Waals surface area contributed by atoms with Gasteiger partial charge in [0.25, 0.3) is 0 Å². The smallest absolute Gasteiger partial charge is 0.230 e. The number of hydrogen-bond donors (Lipinski definition) is 1. The fraction of sp³-hybridized carbons (Fsp3) is 0.125. The van der Waals surface area contributed by atoms with Gasteiger partial charge < -0.3 is 9.84 Å². The van der Waals surface area contributed by atoms with E-state index in [9.17, 15) is 4.79 Å². The number of anilines is 1. The molecule has 22 heavy (non-hydrogen) atoms. The van der Waals surface area contributed by atoms with Crippen LogP contribution < -0.4 is 5.32 Å². The lowest BCUT2D eigenvalue weighted by atomic mass is 10.2. The van der Waals surface area contributed by atoms with Crippen molar-refractivity contribution in [2.45, 2.75) is 13.3 Å². The van der Waals surface area contributed by atoms with Crippen LogP contribution >= 0.6 is 22.9 Å². The normalized spacial score (nSPS) is 10.6. The lowest BCUT2D eigenvalue weighted by molar-refractivity contribution is -0.115. The van der Waals surface area contributed by atoms with Crippen molar-refractivity contribution in [2.24, 2.45) is 0 Å². The zero-order valence-corrected chi connectivity index (χ0v) is 13.4. The lowest BCUT2D eigenvalue weighted by Gasteiger charge is -2.07. The predicted molar refractivity (Wildman–Crippen MR) is 88.3 cm³/mol. The van der Waals surface area contributed by atoms with Gasteiger partial charge in [-0.2, -0.15) is 0 Å². The molecule has 0 atom stereocenters. The van der Waals surface area contributed by atoms with Crippen LogP contribution in [-0.4, -0.2) is 11.1 Å². The fourth-order valence-electron chi connectivity index (χ4n) is 2.02. The molecule has 0 unspecified atom stereocenters. The van der Waals surface area contributed by atoms with Crippen molar-refractivity contribution in [3.8, 4) is 10.6 Å². The molecule has 6 heteroatoms. The van der Waals surface area contributed by atoms with Crippen LogP contribution in [0.3, 0.4) is 0 Å². The number of aromatic nitrogens is 1. The van der Waals surface area contributed by atoms with Crippen LogP contribution in [0.25, 0.3) is 10.6 Å². The monoisotopic (exact) mass is 332 g/mol. The molecule has 4 nitrogen and oxygen atoms in total. The Kier molecular flexibility index (Phi) is 4.27. The minimum absolute atomic E-state index is 0.154. The van der Waals surface area contributed by atoms with E-state index in [4.69, 9.17) is 16.1 Å². The van der Waals surface area contributed by atoms with Crippen LogP contribution in [0.1, 0.15) is 11.3 Å². The molecule has 0 fully saturated rings. The summed E-state index contributed by atoms with van der Waals surface area (Å²) >= 11 is 7.51. The Morgan fingerprint density at radius 2 is 2.23 bits per heavy atom. The third kappa shape index (κ3) is 3.37. The Bertz CT molecular complexity index is 796. The van der Waals surface area contributed by atoms with E-state index >= 15 is 0 Å². The van der Waals surface area contributed by atoms with E-state index in [0.717, 1.165) is 10.4 Å². The fourth-order valence-corrected chi connectivity index (χ4v) is 2.86. The molecule has 0 aliphatic heterocycles. The van der Waals surface area contributed by atoms with Gasteiger partial charge in [0.1, 0.15) is 0 Å². The summed E-state index contributed by atoms with van der Waals surface area (Å²) in [6.45, 7) is 1.91. The van der Waals surface area contributed by atoms with Gasteiger partial charge in [-0.1, -0.05) is 28.9 Å². The molecule has 1 amide bonds. The van der Waals surface area contributed by atoms with E-state index in [-0.39, 0.29) is 12.3 Å². The van der Waals surface area contributed by atoms with E-state index in [2.05, 4.69) is 10.5 Å². The first-order chi connectivity index (χ1) is 10.6. The van der Waals surface area contributed by atoms with Crippen LogP contribution in [0, 0.1) is 6.92 Å². The van der Waals surface area contributed by atoms with Crippen LogP contribution in [0.5, 0.6) is 0 Å². The van der Waals surface area contributed by atoms with E-state index in [1.807, 2.05) is 30.5 Å². The third-order valence-electron chi connectivity index (χ3n) is 3.14. The first-order valence-corrected chi connectivity index (χ1v) is 7.93. The van der Waals surface area contributed by atoms with Gasteiger partial charge in [0, 0.05) is 16.8 Å². The van der Waals surface area contributed by atoms with Crippen molar-refractivity contribution in [1.82, 2.24) is 5.16 Å². The topological polar surface area (TPSA) is 55.1 Å². The van der Waals surface area contributed by atoms with Crippen molar-refractivity contribution in [2.75, 3.05) is 5.32 Å². The number of carbonyl (C=O) groups excluding carboxylic acids is 1. The maximum absolute atomic E-state index is 12.1. The Morgan fingerprint density at radius 3 is 3.00 bits per heavy atom. The molecule has 2 aromatic heterocycles. The van der Waals surface area contributed by atoms with Crippen LogP contribution in [0.4, 0.5) is 5.69 Å². The molecule has 3 rings (SSSR count). The summed E-state index contributed by atoms with van der Waals surface area (Å²) in [6.07, 6.45) is 0.154. The van der Waals surface area contributed by atoms with E-state index < -0.39 is 0 Å². The highest BCUT2D eigenvalue weighted by molar-refractivity contribution is 7.13. The highest BCUT2D eigenvalue weighted by atomic mass is 35.5. The minimum atomic E-state index is -0.156. The van der Waals surface area contributed by atoms with Gasteiger partial charge in [0.2, 0.25) is 5.91 Å². The molecule has 0 saturated heterocycles. The van der Waals surface area contributed by atoms with Crippen molar-refractivity contribution in [3.63, 3.8) is 0 Å². The summed E-state index contributed by atoms with van der Waals surface area (Å²) < 4.78 is 5.26. The minimum Gasteiger partial charge on any atom is -0.355 e. The Balaban J connectivity index is 1.68. The summed E-state index contributed by atoms with van der Waals surface area (Å²) in [5.74, 6) is 0.521. The van der Waals surface area contributed by atoms with Crippen molar-refractivity contribution >= 4 is 34.5 Å². The molecule has 0 aliphatic carbocycles. The van der Waals surface area contributed by atoms with E-state index in [1.54, 1.807) is 29.5 Å². The molecule has 0 aliphatic rings. The second-order valence-corrected chi connectivity index (χ2v) is 6.23. The summed E-state index contributed by atoms with van der Waals surface area (Å²) in [5.41, 5.74) is 2.26. The summed E-state index contributed by atoms with van der Waals surface area (Å²) in [4.78, 5) is 13.1. The lowest BCUT2D eigenvalue weighted by Crippen LogP contribution is -2.15. The third-order valence-corrected chi connectivity index (χ3v) is 4.26. The van der Waals surface area contributed by atoms with Gasteiger partial charge in [-0.05, 0) is 36.1 Å². The summed E-state index contributed by atoms with van der Waals surface area (Å²) in [5, 5.41) is 9.33. The van der Waals surface area contributed by atoms with Gasteiger partial charge in [-0.3, -0.25) is 4.79 Å². The maximum atomic E-state index is 12.1.